The number of nitrogens with zero attached hydrogens (tertiary/aromatic N) is 1. The molecular formula is C15H14N2O4. The first kappa shape index (κ1) is 14.6. The smallest absolute Gasteiger partial charge is 0.310 e. The maximum atomic E-state index is 11.7. The molecule has 2 unspecified atom stereocenters. The van der Waals surface area contributed by atoms with Crippen LogP contribution in [0.3, 0.4) is 0 Å². The molecule has 108 valence electrons. The van der Waals surface area contributed by atoms with Crippen molar-refractivity contribution in [2.75, 3.05) is 6.61 Å². The van der Waals surface area contributed by atoms with Gasteiger partial charge in [0.15, 0.2) is 6.61 Å². The highest BCUT2D eigenvalue weighted by Crippen LogP contribution is 2.18. The van der Waals surface area contributed by atoms with E-state index in [9.17, 15) is 9.59 Å². The molecular weight excluding hydrogens is 272 g/mol. The predicted molar refractivity (Wildman–Crippen MR) is 73.5 cm³/mol. The molecule has 0 fully saturated rings. The minimum Gasteiger partial charge on any atom is -0.484 e. The van der Waals surface area contributed by atoms with Gasteiger partial charge in [0, 0.05) is 6.04 Å². The maximum Gasteiger partial charge on any atom is 0.310 e. The normalized spacial score (nSPS) is 19.8. The molecule has 1 aromatic rings. The number of nitriles is 1. The molecule has 0 saturated carbocycles. The third-order valence-electron chi connectivity index (χ3n) is 3.10. The van der Waals surface area contributed by atoms with Crippen LogP contribution in [0.15, 0.2) is 36.4 Å². The molecule has 0 radical (unpaired) electrons. The fraction of sp³-hybridized carbons (Fsp3) is 0.267. The van der Waals surface area contributed by atoms with Gasteiger partial charge in [0.1, 0.15) is 5.75 Å². The Bertz CT molecular complexity index is 601. The summed E-state index contributed by atoms with van der Waals surface area (Å²) < 4.78 is 5.29. The van der Waals surface area contributed by atoms with Crippen LogP contribution in [0.5, 0.6) is 5.75 Å². The Labute approximate surface area is 121 Å². The first-order chi connectivity index (χ1) is 10.1. The summed E-state index contributed by atoms with van der Waals surface area (Å²) in [6, 6.07) is 8.14. The van der Waals surface area contributed by atoms with Crippen LogP contribution in [0.25, 0.3) is 0 Å². The minimum absolute atomic E-state index is 0.159. The van der Waals surface area contributed by atoms with E-state index in [1.807, 2.05) is 6.07 Å². The monoisotopic (exact) mass is 286 g/mol. The standard InChI is InChI=1S/C15H14N2O4/c16-8-10-1-5-13(6-2-10)21-9-14(18)17-12-4-3-11(7-12)15(19)20/h1-6,11-12H,7,9H2,(H,17,18)(H,19,20). The Kier molecular flexibility index (Phi) is 4.57. The van der Waals surface area contributed by atoms with Gasteiger partial charge >= 0.3 is 5.97 Å². The fourth-order valence-electron chi connectivity index (χ4n) is 2.01. The Morgan fingerprint density at radius 1 is 1.33 bits per heavy atom. The number of rotatable bonds is 5. The fourth-order valence-corrected chi connectivity index (χ4v) is 2.01. The van der Waals surface area contributed by atoms with Crippen LogP contribution in [0.4, 0.5) is 0 Å². The number of nitrogens with one attached hydrogen (secondary N) is 1. The molecule has 0 spiro atoms. The zero-order valence-electron chi connectivity index (χ0n) is 11.2. The third-order valence-corrected chi connectivity index (χ3v) is 3.10. The first-order valence-corrected chi connectivity index (χ1v) is 6.42. The summed E-state index contributed by atoms with van der Waals surface area (Å²) in [7, 11) is 0. The Balaban J connectivity index is 1.76. The van der Waals surface area contributed by atoms with Gasteiger partial charge in [-0.15, -0.1) is 0 Å². The number of ether oxygens (including phenoxy) is 1. The van der Waals surface area contributed by atoms with Crippen molar-refractivity contribution in [1.29, 1.82) is 5.26 Å². The Morgan fingerprint density at radius 3 is 2.62 bits per heavy atom. The van der Waals surface area contributed by atoms with Crippen molar-refractivity contribution in [2.45, 2.75) is 12.5 Å². The van der Waals surface area contributed by atoms with E-state index in [0.29, 0.717) is 17.7 Å². The second-order valence-electron chi connectivity index (χ2n) is 4.66. The van der Waals surface area contributed by atoms with E-state index < -0.39 is 11.9 Å². The van der Waals surface area contributed by atoms with Gasteiger partial charge in [-0.25, -0.2) is 0 Å². The van der Waals surface area contributed by atoms with Crippen LogP contribution in [0.2, 0.25) is 0 Å². The molecule has 1 aliphatic rings. The molecule has 21 heavy (non-hydrogen) atoms. The number of carbonyl (C=O) groups excluding carboxylic acids is 1. The summed E-state index contributed by atoms with van der Waals surface area (Å²) in [6.45, 7) is -0.159. The number of hydrogen-bond donors (Lipinski definition) is 2. The molecule has 2 rings (SSSR count). The molecule has 1 aliphatic carbocycles. The summed E-state index contributed by atoms with van der Waals surface area (Å²) in [6.07, 6.45) is 3.62. The summed E-state index contributed by atoms with van der Waals surface area (Å²) in [5.41, 5.74) is 0.516. The molecule has 0 bridgehead atoms. The van der Waals surface area contributed by atoms with Crippen molar-refractivity contribution in [2.24, 2.45) is 5.92 Å². The topological polar surface area (TPSA) is 99.4 Å². The summed E-state index contributed by atoms with van der Waals surface area (Å²) >= 11 is 0. The lowest BCUT2D eigenvalue weighted by molar-refractivity contribution is -0.140. The molecule has 1 amide bonds. The molecule has 6 heteroatoms. The van der Waals surface area contributed by atoms with Crippen molar-refractivity contribution < 1.29 is 19.4 Å². The molecule has 0 saturated heterocycles. The average Bonchev–Trinajstić information content (AvgIpc) is 2.94. The van der Waals surface area contributed by atoms with E-state index in [2.05, 4.69) is 5.32 Å². The zero-order chi connectivity index (χ0) is 15.2. The lowest BCUT2D eigenvalue weighted by atomic mass is 10.1. The van der Waals surface area contributed by atoms with Gasteiger partial charge in [0.25, 0.3) is 5.91 Å². The number of carboxylic acids is 1. The van der Waals surface area contributed by atoms with Crippen molar-refractivity contribution in [3.05, 3.63) is 42.0 Å². The molecule has 2 N–H and O–H groups in total. The highest BCUT2D eigenvalue weighted by Gasteiger charge is 2.25. The van der Waals surface area contributed by atoms with Gasteiger partial charge in [-0.05, 0) is 30.7 Å². The summed E-state index contributed by atoms with van der Waals surface area (Å²) in [5, 5.41) is 20.2. The maximum absolute atomic E-state index is 11.7. The van der Waals surface area contributed by atoms with Crippen LogP contribution in [0, 0.1) is 17.2 Å². The van der Waals surface area contributed by atoms with Crippen LogP contribution in [0.1, 0.15) is 12.0 Å². The van der Waals surface area contributed by atoms with Crippen molar-refractivity contribution in [3.8, 4) is 11.8 Å². The second-order valence-corrected chi connectivity index (χ2v) is 4.66. The van der Waals surface area contributed by atoms with Crippen molar-refractivity contribution in [1.82, 2.24) is 5.32 Å². The first-order valence-electron chi connectivity index (χ1n) is 6.42. The van der Waals surface area contributed by atoms with Gasteiger partial charge in [0.05, 0.1) is 17.6 Å². The number of benzene rings is 1. The summed E-state index contributed by atoms with van der Waals surface area (Å²) in [4.78, 5) is 22.5. The number of amides is 1. The lowest BCUT2D eigenvalue weighted by Gasteiger charge is -2.12. The minimum atomic E-state index is -0.892. The van der Waals surface area contributed by atoms with E-state index in [1.165, 1.54) is 0 Å². The van der Waals surface area contributed by atoms with Crippen molar-refractivity contribution >= 4 is 11.9 Å². The lowest BCUT2D eigenvalue weighted by Crippen LogP contribution is -2.36. The number of carboxylic acid groups (broad SMARTS) is 1. The van der Waals surface area contributed by atoms with Gasteiger partial charge in [-0.2, -0.15) is 5.26 Å². The number of carbonyl (C=O) groups is 2. The number of hydrogen-bond acceptors (Lipinski definition) is 4. The van der Waals surface area contributed by atoms with Crippen LogP contribution in [-0.4, -0.2) is 29.6 Å². The van der Waals surface area contributed by atoms with Crippen LogP contribution >= 0.6 is 0 Å². The molecule has 0 aliphatic heterocycles. The highest BCUT2D eigenvalue weighted by atomic mass is 16.5. The van der Waals surface area contributed by atoms with Gasteiger partial charge in [-0.3, -0.25) is 9.59 Å². The average molecular weight is 286 g/mol. The van der Waals surface area contributed by atoms with Crippen molar-refractivity contribution in [3.63, 3.8) is 0 Å². The van der Waals surface area contributed by atoms with Gasteiger partial charge in [-0.1, -0.05) is 12.2 Å². The van der Waals surface area contributed by atoms with E-state index in [4.69, 9.17) is 15.1 Å². The highest BCUT2D eigenvalue weighted by molar-refractivity contribution is 5.79. The Hall–Kier alpha value is -2.81. The molecule has 2 atom stereocenters. The largest absolute Gasteiger partial charge is 0.484 e. The molecule has 6 nitrogen and oxygen atoms in total. The molecule has 1 aromatic carbocycles. The SMILES string of the molecule is N#Cc1ccc(OCC(=O)NC2C=CC(C(=O)O)C2)cc1. The molecule has 0 aromatic heterocycles. The predicted octanol–water partition coefficient (Wildman–Crippen LogP) is 1.08. The van der Waals surface area contributed by atoms with Gasteiger partial charge < -0.3 is 15.2 Å². The van der Waals surface area contributed by atoms with Gasteiger partial charge in [0.2, 0.25) is 0 Å². The van der Waals surface area contributed by atoms with Crippen LogP contribution in [-0.2, 0) is 9.59 Å². The third kappa shape index (κ3) is 4.08. The van der Waals surface area contributed by atoms with E-state index in [-0.39, 0.29) is 18.6 Å². The zero-order valence-corrected chi connectivity index (χ0v) is 11.2. The van der Waals surface area contributed by atoms with Crippen LogP contribution < -0.4 is 10.1 Å². The van der Waals surface area contributed by atoms with E-state index in [0.717, 1.165) is 0 Å². The molecule has 0 heterocycles. The quantitative estimate of drug-likeness (QED) is 0.789. The van der Waals surface area contributed by atoms with E-state index in [1.54, 1.807) is 36.4 Å². The van der Waals surface area contributed by atoms with E-state index >= 15 is 0 Å². The second kappa shape index (κ2) is 6.57. The Morgan fingerprint density at radius 2 is 2.05 bits per heavy atom. The summed E-state index contributed by atoms with van der Waals surface area (Å²) in [5.74, 6) is -1.26. The number of aliphatic carboxylic acids is 1.